The van der Waals surface area contributed by atoms with Crippen molar-refractivity contribution >= 4 is 57.7 Å². The second-order valence-electron chi connectivity index (χ2n) is 9.35. The second-order valence-corrected chi connectivity index (χ2v) is 11.3. The van der Waals surface area contributed by atoms with Gasteiger partial charge in [0, 0.05) is 23.6 Å². The van der Waals surface area contributed by atoms with E-state index in [0.29, 0.717) is 5.57 Å². The van der Waals surface area contributed by atoms with Crippen LogP contribution in [-0.2, 0) is 28.8 Å². The minimum absolute atomic E-state index is 0.0600. The van der Waals surface area contributed by atoms with E-state index in [4.69, 9.17) is 10.5 Å². The molecule has 0 spiro atoms. The highest BCUT2D eigenvalue weighted by molar-refractivity contribution is 8.00. The van der Waals surface area contributed by atoms with Gasteiger partial charge in [-0.15, -0.1) is 23.1 Å². The Hall–Kier alpha value is -4.97. The van der Waals surface area contributed by atoms with Gasteiger partial charge in [0.05, 0.1) is 0 Å². The molecule has 12 nitrogen and oxygen atoms in total. The van der Waals surface area contributed by atoms with Crippen LogP contribution in [0.4, 0.5) is 5.13 Å². The SMILES string of the molecule is CC(=O)O/N=C(\C(=O)N[C@@H]1C(=O)N2C(C(=O)OC(c3ccccc3)c3ccccc3)=C(C#CCO)CS[C@H]12)c1csc(N)n1. The zero-order chi connectivity index (χ0) is 31.2. The van der Waals surface area contributed by atoms with Crippen LogP contribution in [-0.4, -0.2) is 68.2 Å². The van der Waals surface area contributed by atoms with E-state index >= 15 is 0 Å². The number of aliphatic hydroxyl groups excluding tert-OH is 1. The lowest BCUT2D eigenvalue weighted by atomic mass is 10.0. The highest BCUT2D eigenvalue weighted by atomic mass is 32.2. The van der Waals surface area contributed by atoms with E-state index in [0.717, 1.165) is 29.4 Å². The Bertz CT molecular complexity index is 1670. The molecule has 2 atom stereocenters. The molecule has 5 rings (SSSR count). The van der Waals surface area contributed by atoms with Crippen molar-refractivity contribution in [3.8, 4) is 11.8 Å². The zero-order valence-electron chi connectivity index (χ0n) is 23.1. The standard InChI is InChI=1S/C30H25N5O7S2/c1-17(37)42-34-22(21-16-44-30(31)32-21)26(38)33-23-27(39)35-24(20(13-8-14-36)15-43-28(23)35)29(40)41-25(18-9-4-2-5-10-18)19-11-6-3-7-12-19/h2-7,9-12,16,23,25,28,36H,14-15H2,1H3,(H2,31,32)(H,33,38)/b34-22-/t23-,28-/m1/s1. The Balaban J connectivity index is 1.42. The summed E-state index contributed by atoms with van der Waals surface area (Å²) in [6.45, 7) is 0.666. The molecule has 1 saturated heterocycles. The van der Waals surface area contributed by atoms with E-state index in [2.05, 4.69) is 32.1 Å². The number of nitrogens with zero attached hydrogens (tertiary/aromatic N) is 3. The molecule has 14 heteroatoms. The van der Waals surface area contributed by atoms with Crippen molar-refractivity contribution in [3.63, 3.8) is 0 Å². The van der Waals surface area contributed by atoms with Gasteiger partial charge in [-0.3, -0.25) is 14.5 Å². The third-order valence-electron chi connectivity index (χ3n) is 6.44. The summed E-state index contributed by atoms with van der Waals surface area (Å²) in [6, 6.07) is 17.3. The Labute approximate surface area is 259 Å². The summed E-state index contributed by atoms with van der Waals surface area (Å²) >= 11 is 2.32. The topological polar surface area (TPSA) is 174 Å². The maximum atomic E-state index is 13.9. The second kappa shape index (κ2) is 13.6. The van der Waals surface area contributed by atoms with Gasteiger partial charge < -0.3 is 25.7 Å². The lowest BCUT2D eigenvalue weighted by molar-refractivity contribution is -0.154. The molecule has 2 amide bonds. The molecular formula is C30H25N5O7S2. The number of hydrogen-bond donors (Lipinski definition) is 3. The maximum Gasteiger partial charge on any atom is 0.357 e. The van der Waals surface area contributed by atoms with Gasteiger partial charge in [-0.2, -0.15) is 0 Å². The van der Waals surface area contributed by atoms with Crippen molar-refractivity contribution in [1.29, 1.82) is 0 Å². The van der Waals surface area contributed by atoms with Crippen molar-refractivity contribution in [2.75, 3.05) is 18.1 Å². The molecule has 0 radical (unpaired) electrons. The van der Waals surface area contributed by atoms with Crippen LogP contribution in [0.15, 0.2) is 82.5 Å². The number of fused-ring (bicyclic) bond motifs is 1. The number of amides is 2. The summed E-state index contributed by atoms with van der Waals surface area (Å²) in [6.07, 6.45) is -0.782. The molecule has 0 bridgehead atoms. The number of ether oxygens (including phenoxy) is 1. The first-order valence-corrected chi connectivity index (χ1v) is 15.1. The maximum absolute atomic E-state index is 13.9. The van der Waals surface area contributed by atoms with Crippen LogP contribution < -0.4 is 11.1 Å². The Morgan fingerprint density at radius 2 is 1.82 bits per heavy atom. The van der Waals surface area contributed by atoms with E-state index in [1.807, 2.05) is 60.7 Å². The van der Waals surface area contributed by atoms with E-state index in [1.165, 1.54) is 22.0 Å². The zero-order valence-corrected chi connectivity index (χ0v) is 24.8. The Morgan fingerprint density at radius 3 is 2.39 bits per heavy atom. The molecule has 44 heavy (non-hydrogen) atoms. The van der Waals surface area contributed by atoms with Crippen molar-refractivity contribution in [2.45, 2.75) is 24.4 Å². The van der Waals surface area contributed by atoms with Crippen molar-refractivity contribution in [1.82, 2.24) is 15.2 Å². The van der Waals surface area contributed by atoms with Crippen LogP contribution in [0.2, 0.25) is 0 Å². The first-order valence-electron chi connectivity index (χ1n) is 13.1. The Morgan fingerprint density at radius 1 is 1.16 bits per heavy atom. The van der Waals surface area contributed by atoms with Crippen LogP contribution in [0.1, 0.15) is 29.8 Å². The predicted molar refractivity (Wildman–Crippen MR) is 163 cm³/mol. The summed E-state index contributed by atoms with van der Waals surface area (Å²) in [5, 5.41) is 16.5. The minimum atomic E-state index is -1.06. The van der Waals surface area contributed by atoms with Crippen LogP contribution in [0.3, 0.4) is 0 Å². The largest absolute Gasteiger partial charge is 0.448 e. The quantitative estimate of drug-likeness (QED) is 0.0833. The average molecular weight is 632 g/mol. The van der Waals surface area contributed by atoms with E-state index in [9.17, 15) is 24.3 Å². The molecule has 2 aliphatic heterocycles. The number of aromatic nitrogens is 1. The number of aliphatic hydroxyl groups is 1. The molecular weight excluding hydrogens is 606 g/mol. The summed E-state index contributed by atoms with van der Waals surface area (Å²) in [5.74, 6) is 2.55. The van der Waals surface area contributed by atoms with Crippen LogP contribution in [0.5, 0.6) is 0 Å². The van der Waals surface area contributed by atoms with Crippen LogP contribution in [0, 0.1) is 11.8 Å². The molecule has 3 aromatic rings. The molecule has 1 fully saturated rings. The number of thioether (sulfide) groups is 1. The summed E-state index contributed by atoms with van der Waals surface area (Å²) < 4.78 is 6.04. The third-order valence-corrected chi connectivity index (χ3v) is 8.39. The van der Waals surface area contributed by atoms with E-state index in [-0.39, 0.29) is 28.0 Å². The van der Waals surface area contributed by atoms with Gasteiger partial charge in [-0.1, -0.05) is 77.7 Å². The van der Waals surface area contributed by atoms with Gasteiger partial charge in [0.2, 0.25) is 0 Å². The first kappa shape index (κ1) is 30.5. The van der Waals surface area contributed by atoms with Gasteiger partial charge in [0.1, 0.15) is 29.4 Å². The van der Waals surface area contributed by atoms with Gasteiger partial charge in [0.25, 0.3) is 11.8 Å². The molecule has 0 aliphatic carbocycles. The van der Waals surface area contributed by atoms with Crippen molar-refractivity contribution < 1.29 is 33.9 Å². The molecule has 4 N–H and O–H groups in total. The molecule has 1 aromatic heterocycles. The lowest BCUT2D eigenvalue weighted by Crippen LogP contribution is -2.71. The summed E-state index contributed by atoms with van der Waals surface area (Å²) in [5.41, 5.74) is 7.09. The van der Waals surface area contributed by atoms with E-state index < -0.39 is 47.9 Å². The number of β-lactam (4-membered cyclic amide) rings is 1. The number of nitrogens with two attached hydrogens (primary N) is 1. The number of rotatable bonds is 8. The number of oxime groups is 1. The van der Waals surface area contributed by atoms with Crippen molar-refractivity contribution in [3.05, 3.63) is 94.1 Å². The number of nitrogens with one attached hydrogen (secondary N) is 1. The fourth-order valence-electron chi connectivity index (χ4n) is 4.52. The molecule has 2 aromatic carbocycles. The highest BCUT2D eigenvalue weighted by Gasteiger charge is 2.55. The van der Waals surface area contributed by atoms with Gasteiger partial charge in [-0.25, -0.2) is 14.6 Å². The Kier molecular flexibility index (Phi) is 9.39. The lowest BCUT2D eigenvalue weighted by Gasteiger charge is -2.49. The normalized spacial score (nSPS) is 17.7. The van der Waals surface area contributed by atoms with Gasteiger partial charge >= 0.3 is 11.9 Å². The monoisotopic (exact) mass is 631 g/mol. The number of carbonyl (C=O) groups is 4. The summed E-state index contributed by atoms with van der Waals surface area (Å²) in [4.78, 5) is 61.9. The summed E-state index contributed by atoms with van der Waals surface area (Å²) in [7, 11) is 0. The molecule has 224 valence electrons. The first-order chi connectivity index (χ1) is 21.3. The molecule has 0 saturated carbocycles. The smallest absolute Gasteiger partial charge is 0.357 e. The number of hydrogen-bond acceptors (Lipinski definition) is 12. The molecule has 3 heterocycles. The number of esters is 1. The number of anilines is 1. The minimum Gasteiger partial charge on any atom is -0.448 e. The van der Waals surface area contributed by atoms with Gasteiger partial charge in [-0.05, 0) is 11.1 Å². The number of benzene rings is 2. The molecule has 0 unspecified atom stereocenters. The fraction of sp³-hybridized carbons (Fsp3) is 0.200. The fourth-order valence-corrected chi connectivity index (χ4v) is 6.35. The number of carbonyl (C=O) groups excluding carboxylic acids is 4. The average Bonchev–Trinajstić information content (AvgIpc) is 3.47. The van der Waals surface area contributed by atoms with Crippen molar-refractivity contribution in [2.24, 2.45) is 5.16 Å². The number of thiazole rings is 1. The van der Waals surface area contributed by atoms with Crippen LogP contribution >= 0.6 is 23.1 Å². The highest BCUT2D eigenvalue weighted by Crippen LogP contribution is 2.41. The van der Waals surface area contributed by atoms with Crippen LogP contribution in [0.25, 0.3) is 0 Å². The van der Waals surface area contributed by atoms with E-state index in [1.54, 1.807) is 0 Å². The van der Waals surface area contributed by atoms with Gasteiger partial charge in [0.15, 0.2) is 16.9 Å². The predicted octanol–water partition coefficient (Wildman–Crippen LogP) is 1.97. The molecule has 2 aliphatic rings. The number of nitrogen functional groups attached to an aromatic ring is 1. The third kappa shape index (κ3) is 6.50.